The number of aliphatic hydroxyl groups is 1. The van der Waals surface area contributed by atoms with Gasteiger partial charge < -0.3 is 15.1 Å². The number of phenols is 1. The summed E-state index contributed by atoms with van der Waals surface area (Å²) in [6.45, 7) is 2.62. The van der Waals surface area contributed by atoms with Crippen LogP contribution in [0.25, 0.3) is 10.8 Å². The molecule has 1 aliphatic heterocycles. The zero-order chi connectivity index (χ0) is 15.0. The highest BCUT2D eigenvalue weighted by atomic mass is 16.3. The largest absolute Gasteiger partial charge is 0.507 e. The molecule has 1 fully saturated rings. The third-order valence-electron chi connectivity index (χ3n) is 4.42. The number of aliphatic hydroxyl groups excluding tert-OH is 1. The summed E-state index contributed by atoms with van der Waals surface area (Å²) in [4.78, 5) is 14.4. The molecule has 21 heavy (non-hydrogen) atoms. The lowest BCUT2D eigenvalue weighted by molar-refractivity contribution is 0.0645. The summed E-state index contributed by atoms with van der Waals surface area (Å²) in [6, 6.07) is 10.8. The van der Waals surface area contributed by atoms with Crippen LogP contribution in [0.15, 0.2) is 36.4 Å². The van der Waals surface area contributed by atoms with Gasteiger partial charge in [-0.2, -0.15) is 0 Å². The van der Waals surface area contributed by atoms with Crippen molar-refractivity contribution >= 4 is 16.7 Å². The van der Waals surface area contributed by atoms with E-state index in [2.05, 4.69) is 0 Å². The second-order valence-corrected chi connectivity index (χ2v) is 5.73. The molecular weight excluding hydrogens is 266 g/mol. The maximum Gasteiger partial charge on any atom is 0.257 e. The normalized spacial score (nSPS) is 21.9. The first-order valence-electron chi connectivity index (χ1n) is 7.25. The Morgan fingerprint density at radius 3 is 2.62 bits per heavy atom. The molecule has 0 bridgehead atoms. The Bertz CT molecular complexity index is 683. The Morgan fingerprint density at radius 1 is 1.29 bits per heavy atom. The highest BCUT2D eigenvalue weighted by Crippen LogP contribution is 2.30. The number of amides is 1. The number of carbonyl (C=O) groups is 1. The summed E-state index contributed by atoms with van der Waals surface area (Å²) >= 11 is 0. The smallest absolute Gasteiger partial charge is 0.257 e. The first-order valence-corrected chi connectivity index (χ1v) is 7.25. The van der Waals surface area contributed by atoms with Gasteiger partial charge in [-0.1, -0.05) is 31.2 Å². The van der Waals surface area contributed by atoms with Gasteiger partial charge in [0.05, 0.1) is 18.2 Å². The van der Waals surface area contributed by atoms with Gasteiger partial charge in [0.1, 0.15) is 5.75 Å². The molecular formula is C17H19NO3. The molecule has 1 saturated heterocycles. The minimum Gasteiger partial charge on any atom is -0.507 e. The molecule has 2 N–H and O–H groups in total. The molecule has 2 aromatic carbocycles. The van der Waals surface area contributed by atoms with Gasteiger partial charge in [-0.05, 0) is 35.2 Å². The van der Waals surface area contributed by atoms with Crippen LogP contribution >= 0.6 is 0 Å². The fourth-order valence-corrected chi connectivity index (χ4v) is 3.09. The number of rotatable bonds is 2. The van der Waals surface area contributed by atoms with Crippen molar-refractivity contribution in [1.82, 2.24) is 4.90 Å². The number of phenolic OH excluding ortho intramolecular Hbond substituents is 1. The summed E-state index contributed by atoms with van der Waals surface area (Å²) in [5.41, 5.74) is 0.307. The number of benzene rings is 2. The number of hydrogen-bond acceptors (Lipinski definition) is 3. The van der Waals surface area contributed by atoms with E-state index in [9.17, 15) is 15.0 Å². The van der Waals surface area contributed by atoms with E-state index in [4.69, 9.17) is 0 Å². The molecule has 0 aromatic heterocycles. The molecule has 0 saturated carbocycles. The zero-order valence-electron chi connectivity index (χ0n) is 12.0. The Morgan fingerprint density at radius 2 is 1.95 bits per heavy atom. The molecule has 2 unspecified atom stereocenters. The van der Waals surface area contributed by atoms with E-state index in [0.29, 0.717) is 12.1 Å². The summed E-state index contributed by atoms with van der Waals surface area (Å²) in [6.07, 6.45) is 0.880. The van der Waals surface area contributed by atoms with E-state index < -0.39 is 0 Å². The van der Waals surface area contributed by atoms with E-state index in [1.54, 1.807) is 17.0 Å². The van der Waals surface area contributed by atoms with E-state index in [1.807, 2.05) is 31.2 Å². The number of carbonyl (C=O) groups excluding carboxylic acids is 1. The van der Waals surface area contributed by atoms with E-state index in [0.717, 1.165) is 17.2 Å². The molecule has 110 valence electrons. The molecule has 2 atom stereocenters. The molecule has 0 aliphatic carbocycles. The molecule has 3 rings (SSSR count). The van der Waals surface area contributed by atoms with Gasteiger partial charge in [0.2, 0.25) is 0 Å². The lowest BCUT2D eigenvalue weighted by atomic mass is 10.0. The molecule has 0 radical (unpaired) electrons. The SMILES string of the molecule is CC1CCN(C(=O)c2cc3ccccc3cc2O)C1CO. The molecule has 4 heteroatoms. The third-order valence-corrected chi connectivity index (χ3v) is 4.42. The molecule has 2 aromatic rings. The highest BCUT2D eigenvalue weighted by molar-refractivity contribution is 6.01. The monoisotopic (exact) mass is 285 g/mol. The molecule has 0 spiro atoms. The number of likely N-dealkylation sites (tertiary alicyclic amines) is 1. The van der Waals surface area contributed by atoms with Gasteiger partial charge in [0.25, 0.3) is 5.91 Å². The number of nitrogens with zero attached hydrogens (tertiary/aromatic N) is 1. The van der Waals surface area contributed by atoms with Crippen molar-refractivity contribution in [2.24, 2.45) is 5.92 Å². The third kappa shape index (κ3) is 2.36. The molecule has 4 nitrogen and oxygen atoms in total. The van der Waals surface area contributed by atoms with Gasteiger partial charge in [0, 0.05) is 6.54 Å². The van der Waals surface area contributed by atoms with Crippen LogP contribution in [0, 0.1) is 5.92 Å². The molecule has 1 amide bonds. The standard InChI is InChI=1S/C17H19NO3/c1-11-6-7-18(15(11)10-19)17(21)14-8-12-4-2-3-5-13(12)9-16(14)20/h2-5,8-9,11,15,19-20H,6-7,10H2,1H3. The fourth-order valence-electron chi connectivity index (χ4n) is 3.09. The lowest BCUT2D eigenvalue weighted by Crippen LogP contribution is -2.39. The average Bonchev–Trinajstić information content (AvgIpc) is 2.86. The van der Waals surface area contributed by atoms with Gasteiger partial charge >= 0.3 is 0 Å². The van der Waals surface area contributed by atoms with Gasteiger partial charge in [-0.25, -0.2) is 0 Å². The van der Waals surface area contributed by atoms with Gasteiger partial charge in [-0.3, -0.25) is 4.79 Å². The van der Waals surface area contributed by atoms with Crippen molar-refractivity contribution in [3.8, 4) is 5.75 Å². The van der Waals surface area contributed by atoms with Crippen molar-refractivity contribution < 1.29 is 15.0 Å². The van der Waals surface area contributed by atoms with Gasteiger partial charge in [0.15, 0.2) is 0 Å². The summed E-state index contributed by atoms with van der Waals surface area (Å²) in [7, 11) is 0. The van der Waals surface area contributed by atoms with E-state index >= 15 is 0 Å². The van der Waals surface area contributed by atoms with Gasteiger partial charge in [-0.15, -0.1) is 0 Å². The predicted octanol–water partition coefficient (Wildman–Crippen LogP) is 2.39. The minimum absolute atomic E-state index is 0.00468. The quantitative estimate of drug-likeness (QED) is 0.890. The van der Waals surface area contributed by atoms with Crippen molar-refractivity contribution in [1.29, 1.82) is 0 Å². The first-order chi connectivity index (χ1) is 10.1. The summed E-state index contributed by atoms with van der Waals surface area (Å²) in [5, 5.41) is 21.5. The second kappa shape index (κ2) is 5.37. The van der Waals surface area contributed by atoms with Crippen LogP contribution in [0.2, 0.25) is 0 Å². The Balaban J connectivity index is 2.00. The van der Waals surface area contributed by atoms with Crippen molar-refractivity contribution in [3.63, 3.8) is 0 Å². The van der Waals surface area contributed by atoms with Crippen molar-refractivity contribution in [2.45, 2.75) is 19.4 Å². The van der Waals surface area contributed by atoms with Crippen molar-refractivity contribution in [3.05, 3.63) is 42.0 Å². The maximum absolute atomic E-state index is 12.7. The fraction of sp³-hybridized carbons (Fsp3) is 0.353. The van der Waals surface area contributed by atoms with Crippen LogP contribution in [-0.4, -0.2) is 40.2 Å². The van der Waals surface area contributed by atoms with Crippen LogP contribution < -0.4 is 0 Å². The maximum atomic E-state index is 12.7. The van der Waals surface area contributed by atoms with Crippen LogP contribution in [0.3, 0.4) is 0 Å². The minimum atomic E-state index is -0.207. The van der Waals surface area contributed by atoms with Crippen LogP contribution in [0.5, 0.6) is 5.75 Å². The number of aromatic hydroxyl groups is 1. The average molecular weight is 285 g/mol. The number of fused-ring (bicyclic) bond motifs is 1. The van der Waals surface area contributed by atoms with E-state index in [-0.39, 0.29) is 30.2 Å². The Labute approximate surface area is 123 Å². The van der Waals surface area contributed by atoms with Crippen molar-refractivity contribution in [2.75, 3.05) is 13.2 Å². The summed E-state index contributed by atoms with van der Waals surface area (Å²) in [5.74, 6) is 0.0677. The highest BCUT2D eigenvalue weighted by Gasteiger charge is 2.35. The van der Waals surface area contributed by atoms with Crippen LogP contribution in [0.4, 0.5) is 0 Å². The topological polar surface area (TPSA) is 60.8 Å². The zero-order valence-corrected chi connectivity index (χ0v) is 12.0. The van der Waals surface area contributed by atoms with Crippen LogP contribution in [0.1, 0.15) is 23.7 Å². The predicted molar refractivity (Wildman–Crippen MR) is 81.3 cm³/mol. The first kappa shape index (κ1) is 13.9. The summed E-state index contributed by atoms with van der Waals surface area (Å²) < 4.78 is 0. The molecule has 1 heterocycles. The second-order valence-electron chi connectivity index (χ2n) is 5.73. The lowest BCUT2D eigenvalue weighted by Gasteiger charge is -2.25. The van der Waals surface area contributed by atoms with Crippen LogP contribution in [-0.2, 0) is 0 Å². The molecule has 1 aliphatic rings. The van der Waals surface area contributed by atoms with E-state index in [1.165, 1.54) is 0 Å². The Kier molecular flexibility index (Phi) is 3.55. The number of hydrogen-bond donors (Lipinski definition) is 2. The Hall–Kier alpha value is -2.07.